The van der Waals surface area contributed by atoms with Gasteiger partial charge in [0, 0.05) is 23.5 Å². The Labute approximate surface area is 158 Å². The minimum absolute atomic E-state index is 0.0758. The molecule has 6 nitrogen and oxygen atoms in total. The number of piperidine rings is 1. The number of hydrogen-bond donors (Lipinski definition) is 2. The molecule has 1 aliphatic carbocycles. The van der Waals surface area contributed by atoms with Gasteiger partial charge in [0.25, 0.3) is 5.91 Å². The van der Waals surface area contributed by atoms with Gasteiger partial charge in [0.15, 0.2) is 5.13 Å². The zero-order valence-electron chi connectivity index (χ0n) is 15.5. The lowest BCUT2D eigenvalue weighted by Gasteiger charge is -2.20. The van der Waals surface area contributed by atoms with E-state index >= 15 is 0 Å². The Morgan fingerprint density at radius 3 is 2.73 bits per heavy atom. The van der Waals surface area contributed by atoms with Gasteiger partial charge in [-0.1, -0.05) is 13.8 Å². The molecular formula is C19H27N5OS. The highest BCUT2D eigenvalue weighted by Gasteiger charge is 2.32. The lowest BCUT2D eigenvalue weighted by Crippen LogP contribution is -2.26. The summed E-state index contributed by atoms with van der Waals surface area (Å²) in [4.78, 5) is 18.6. The Bertz CT molecular complexity index is 771. The molecule has 2 aromatic heterocycles. The van der Waals surface area contributed by atoms with Crippen molar-refractivity contribution < 1.29 is 4.79 Å². The van der Waals surface area contributed by atoms with Crippen molar-refractivity contribution >= 4 is 22.4 Å². The third-order valence-corrected chi connectivity index (χ3v) is 6.19. The van der Waals surface area contributed by atoms with Gasteiger partial charge in [-0.05, 0) is 50.6 Å². The van der Waals surface area contributed by atoms with Crippen LogP contribution < -0.4 is 10.6 Å². The van der Waals surface area contributed by atoms with Crippen LogP contribution >= 0.6 is 11.3 Å². The van der Waals surface area contributed by atoms with E-state index in [1.54, 1.807) is 17.5 Å². The highest BCUT2D eigenvalue weighted by molar-refractivity contribution is 7.15. The van der Waals surface area contributed by atoms with Crippen molar-refractivity contribution in [1.29, 1.82) is 0 Å². The lowest BCUT2D eigenvalue weighted by atomic mass is 9.97. The van der Waals surface area contributed by atoms with Crippen LogP contribution in [0.3, 0.4) is 0 Å². The maximum atomic E-state index is 12.8. The van der Waals surface area contributed by atoms with E-state index in [-0.39, 0.29) is 5.91 Å². The molecular weight excluding hydrogens is 346 g/mol. The molecule has 2 fully saturated rings. The average Bonchev–Trinajstić information content (AvgIpc) is 3.21. The molecule has 0 spiro atoms. The summed E-state index contributed by atoms with van der Waals surface area (Å²) in [7, 11) is 0. The first kappa shape index (κ1) is 17.7. The SMILES string of the molecule is CC(C)Cn1ncc(C(=O)Nc2ncc(C3CCNCC3)s2)c1C1CC1. The zero-order valence-corrected chi connectivity index (χ0v) is 16.3. The monoisotopic (exact) mass is 373 g/mol. The average molecular weight is 374 g/mol. The van der Waals surface area contributed by atoms with Gasteiger partial charge in [0.2, 0.25) is 0 Å². The van der Waals surface area contributed by atoms with Crippen LogP contribution in [0.4, 0.5) is 5.13 Å². The number of nitrogens with zero attached hydrogens (tertiary/aromatic N) is 3. The van der Waals surface area contributed by atoms with Gasteiger partial charge >= 0.3 is 0 Å². The predicted molar refractivity (Wildman–Crippen MR) is 104 cm³/mol. The quantitative estimate of drug-likeness (QED) is 0.812. The third-order valence-electron chi connectivity index (χ3n) is 5.11. The molecule has 0 atom stereocenters. The summed E-state index contributed by atoms with van der Waals surface area (Å²) in [5, 5.41) is 11.6. The molecule has 140 valence electrons. The summed E-state index contributed by atoms with van der Waals surface area (Å²) in [6.45, 7) is 7.33. The van der Waals surface area contributed by atoms with Gasteiger partial charge < -0.3 is 5.32 Å². The highest BCUT2D eigenvalue weighted by atomic mass is 32.1. The fourth-order valence-electron chi connectivity index (χ4n) is 3.65. The molecule has 1 aliphatic heterocycles. The Morgan fingerprint density at radius 2 is 2.04 bits per heavy atom. The van der Waals surface area contributed by atoms with Crippen molar-refractivity contribution in [2.24, 2.45) is 5.92 Å². The lowest BCUT2D eigenvalue weighted by molar-refractivity contribution is 0.102. The molecule has 26 heavy (non-hydrogen) atoms. The van der Waals surface area contributed by atoms with E-state index in [0.717, 1.165) is 51.0 Å². The number of amides is 1. The van der Waals surface area contributed by atoms with Gasteiger partial charge in [-0.2, -0.15) is 5.10 Å². The van der Waals surface area contributed by atoms with Crippen LogP contribution in [0.2, 0.25) is 0 Å². The summed E-state index contributed by atoms with van der Waals surface area (Å²) < 4.78 is 2.03. The van der Waals surface area contributed by atoms with E-state index < -0.39 is 0 Å². The fraction of sp³-hybridized carbons (Fsp3) is 0.632. The molecule has 1 saturated heterocycles. The molecule has 3 heterocycles. The maximum absolute atomic E-state index is 12.8. The normalized spacial score (nSPS) is 18.4. The maximum Gasteiger partial charge on any atom is 0.260 e. The summed E-state index contributed by atoms with van der Waals surface area (Å²) in [6.07, 6.45) is 8.25. The topological polar surface area (TPSA) is 71.8 Å². The second kappa shape index (κ2) is 7.48. The summed E-state index contributed by atoms with van der Waals surface area (Å²) in [5.74, 6) is 1.48. The molecule has 0 unspecified atom stereocenters. The molecule has 0 radical (unpaired) electrons. The van der Waals surface area contributed by atoms with Crippen LogP contribution in [0.25, 0.3) is 0 Å². The molecule has 1 saturated carbocycles. The zero-order chi connectivity index (χ0) is 18.1. The van der Waals surface area contributed by atoms with Gasteiger partial charge in [-0.3, -0.25) is 14.8 Å². The van der Waals surface area contributed by atoms with Gasteiger partial charge in [0.1, 0.15) is 0 Å². The second-order valence-corrected chi connectivity index (χ2v) is 8.90. The second-order valence-electron chi connectivity index (χ2n) is 7.84. The van der Waals surface area contributed by atoms with Crippen LogP contribution in [0.5, 0.6) is 0 Å². The number of aromatic nitrogens is 3. The third kappa shape index (κ3) is 3.83. The number of hydrogen-bond acceptors (Lipinski definition) is 5. The van der Waals surface area contributed by atoms with Crippen LogP contribution in [-0.2, 0) is 6.54 Å². The van der Waals surface area contributed by atoms with Gasteiger partial charge in [-0.15, -0.1) is 11.3 Å². The molecule has 2 aromatic rings. The van der Waals surface area contributed by atoms with Crippen LogP contribution in [0, 0.1) is 5.92 Å². The summed E-state index contributed by atoms with van der Waals surface area (Å²) >= 11 is 1.61. The van der Waals surface area contributed by atoms with E-state index in [2.05, 4.69) is 34.6 Å². The summed E-state index contributed by atoms with van der Waals surface area (Å²) in [6, 6.07) is 0. The number of anilines is 1. The van der Waals surface area contributed by atoms with E-state index in [4.69, 9.17) is 0 Å². The van der Waals surface area contributed by atoms with Crippen molar-refractivity contribution in [2.75, 3.05) is 18.4 Å². The van der Waals surface area contributed by atoms with Crippen molar-refractivity contribution in [2.45, 2.75) is 57.9 Å². The van der Waals surface area contributed by atoms with Crippen LogP contribution in [0.1, 0.15) is 72.3 Å². The molecule has 0 bridgehead atoms. The first-order valence-corrected chi connectivity index (χ1v) is 10.5. The molecule has 1 amide bonds. The minimum atomic E-state index is -0.0758. The Morgan fingerprint density at radius 1 is 1.27 bits per heavy atom. The van der Waals surface area contributed by atoms with Crippen molar-refractivity contribution in [3.05, 3.63) is 28.5 Å². The number of nitrogens with one attached hydrogen (secondary N) is 2. The van der Waals surface area contributed by atoms with E-state index in [9.17, 15) is 4.79 Å². The Balaban J connectivity index is 1.48. The highest BCUT2D eigenvalue weighted by Crippen LogP contribution is 2.42. The first-order valence-electron chi connectivity index (χ1n) is 9.65. The Kier molecular flexibility index (Phi) is 5.09. The molecule has 4 rings (SSSR count). The fourth-order valence-corrected chi connectivity index (χ4v) is 4.63. The largest absolute Gasteiger partial charge is 0.317 e. The van der Waals surface area contributed by atoms with Gasteiger partial charge in [-0.25, -0.2) is 4.98 Å². The van der Waals surface area contributed by atoms with E-state index in [1.165, 1.54) is 4.88 Å². The number of rotatable bonds is 6. The molecule has 0 aromatic carbocycles. The predicted octanol–water partition coefficient (Wildman–Crippen LogP) is 3.59. The smallest absolute Gasteiger partial charge is 0.260 e. The first-order chi connectivity index (χ1) is 12.6. The molecule has 7 heteroatoms. The van der Waals surface area contributed by atoms with Crippen molar-refractivity contribution in [3.8, 4) is 0 Å². The number of carbonyl (C=O) groups excluding carboxylic acids is 1. The van der Waals surface area contributed by atoms with Crippen molar-refractivity contribution in [1.82, 2.24) is 20.1 Å². The van der Waals surface area contributed by atoms with E-state index in [0.29, 0.717) is 28.4 Å². The van der Waals surface area contributed by atoms with Gasteiger partial charge in [0.05, 0.1) is 17.5 Å². The van der Waals surface area contributed by atoms with Crippen LogP contribution in [-0.4, -0.2) is 33.8 Å². The van der Waals surface area contributed by atoms with Crippen LogP contribution in [0.15, 0.2) is 12.4 Å². The number of thiazole rings is 1. The van der Waals surface area contributed by atoms with Crippen molar-refractivity contribution in [3.63, 3.8) is 0 Å². The molecule has 2 N–H and O–H groups in total. The molecule has 2 aliphatic rings. The standard InChI is InChI=1S/C19H27N5OS/c1-12(2)11-24-17(14-3-4-14)15(9-22-24)18(25)23-19-21-10-16(26-19)13-5-7-20-8-6-13/h9-10,12-14,20H,3-8,11H2,1-2H3,(H,21,23,25). The Hall–Kier alpha value is -1.73. The summed E-state index contributed by atoms with van der Waals surface area (Å²) in [5.41, 5.74) is 1.82. The minimum Gasteiger partial charge on any atom is -0.317 e. The number of carbonyl (C=O) groups is 1. The van der Waals surface area contributed by atoms with E-state index in [1.807, 2.05) is 10.9 Å².